The number of phenolic OH excluding ortho intramolecular Hbond substituents is 1. The Bertz CT molecular complexity index is 497. The number of nitrogens with zero attached hydrogens (tertiary/aromatic N) is 1. The quantitative estimate of drug-likeness (QED) is 0.491. The maximum Gasteiger partial charge on any atom is 0.273 e. The molecule has 102 valence electrons. The minimum absolute atomic E-state index is 0.0832. The zero-order chi connectivity index (χ0) is 13.8. The number of rotatable bonds is 4. The summed E-state index contributed by atoms with van der Waals surface area (Å²) in [6, 6.07) is 3.53. The van der Waals surface area contributed by atoms with Crippen molar-refractivity contribution in [3.05, 3.63) is 28.3 Å². The SMILES string of the molecule is O=C(CC1CCCO1)Nc1ccc([N+](=O)[O-])cc1O. The standard InChI is InChI=1S/C12H14N2O5/c15-11-6-8(14(17)18)3-4-10(11)13-12(16)7-9-2-1-5-19-9/h3-4,6,9,15H,1-2,5,7H2,(H,13,16). The Morgan fingerprint density at radius 1 is 1.58 bits per heavy atom. The van der Waals surface area contributed by atoms with Gasteiger partial charge in [0.2, 0.25) is 5.91 Å². The first kappa shape index (κ1) is 13.3. The Morgan fingerprint density at radius 3 is 2.95 bits per heavy atom. The van der Waals surface area contributed by atoms with Crippen molar-refractivity contribution in [2.24, 2.45) is 0 Å². The molecule has 2 N–H and O–H groups in total. The summed E-state index contributed by atoms with van der Waals surface area (Å²) in [5.74, 6) is -0.606. The molecule has 1 amide bonds. The highest BCUT2D eigenvalue weighted by Gasteiger charge is 2.20. The molecule has 0 bridgehead atoms. The van der Waals surface area contributed by atoms with E-state index in [9.17, 15) is 20.0 Å². The number of hydrogen-bond donors (Lipinski definition) is 2. The van der Waals surface area contributed by atoms with Crippen LogP contribution >= 0.6 is 0 Å². The number of ether oxygens (including phenoxy) is 1. The summed E-state index contributed by atoms with van der Waals surface area (Å²) < 4.78 is 5.33. The van der Waals surface area contributed by atoms with Crippen molar-refractivity contribution in [2.45, 2.75) is 25.4 Å². The number of nitro benzene ring substituents is 1. The first-order valence-electron chi connectivity index (χ1n) is 5.95. The molecule has 19 heavy (non-hydrogen) atoms. The molecule has 1 aromatic rings. The molecule has 0 saturated carbocycles. The molecule has 0 radical (unpaired) electrons. The Kier molecular flexibility index (Phi) is 3.96. The van der Waals surface area contributed by atoms with Crippen LogP contribution in [0.4, 0.5) is 11.4 Å². The molecule has 0 spiro atoms. The van der Waals surface area contributed by atoms with Gasteiger partial charge in [-0.2, -0.15) is 0 Å². The van der Waals surface area contributed by atoms with Crippen molar-refractivity contribution >= 4 is 17.3 Å². The number of benzene rings is 1. The van der Waals surface area contributed by atoms with Crippen LogP contribution in [0.25, 0.3) is 0 Å². The molecule has 1 saturated heterocycles. The van der Waals surface area contributed by atoms with Gasteiger partial charge in [-0.05, 0) is 18.9 Å². The van der Waals surface area contributed by atoms with Gasteiger partial charge in [-0.3, -0.25) is 14.9 Å². The predicted octanol–water partition coefficient (Wildman–Crippen LogP) is 1.81. The summed E-state index contributed by atoms with van der Waals surface area (Å²) in [4.78, 5) is 21.6. The van der Waals surface area contributed by atoms with Crippen molar-refractivity contribution in [1.29, 1.82) is 0 Å². The molecule has 7 nitrogen and oxygen atoms in total. The summed E-state index contributed by atoms with van der Waals surface area (Å²) >= 11 is 0. The van der Waals surface area contributed by atoms with Gasteiger partial charge in [0, 0.05) is 12.7 Å². The highest BCUT2D eigenvalue weighted by molar-refractivity contribution is 5.92. The van der Waals surface area contributed by atoms with Crippen molar-refractivity contribution in [1.82, 2.24) is 0 Å². The predicted molar refractivity (Wildman–Crippen MR) is 67.0 cm³/mol. The number of hydrogen-bond acceptors (Lipinski definition) is 5. The average Bonchev–Trinajstić information content (AvgIpc) is 2.84. The number of amides is 1. The summed E-state index contributed by atoms with van der Waals surface area (Å²) in [5, 5.41) is 22.6. The van der Waals surface area contributed by atoms with Gasteiger partial charge < -0.3 is 15.2 Å². The Balaban J connectivity index is 1.98. The molecule has 1 aliphatic rings. The highest BCUT2D eigenvalue weighted by Crippen LogP contribution is 2.28. The third-order valence-electron chi connectivity index (χ3n) is 2.90. The Hall–Kier alpha value is -2.15. The molecule has 1 aliphatic heterocycles. The molecular weight excluding hydrogens is 252 g/mol. The van der Waals surface area contributed by atoms with Crippen LogP contribution < -0.4 is 5.32 Å². The first-order chi connectivity index (χ1) is 9.06. The van der Waals surface area contributed by atoms with E-state index in [1.165, 1.54) is 12.1 Å². The summed E-state index contributed by atoms with van der Waals surface area (Å²) in [6.45, 7) is 0.667. The van der Waals surface area contributed by atoms with E-state index in [0.717, 1.165) is 18.9 Å². The van der Waals surface area contributed by atoms with Crippen LogP contribution in [0.3, 0.4) is 0 Å². The van der Waals surface area contributed by atoms with E-state index in [1.54, 1.807) is 0 Å². The van der Waals surface area contributed by atoms with Crippen molar-refractivity contribution in [3.8, 4) is 5.75 Å². The number of anilines is 1. The molecule has 0 aliphatic carbocycles. The molecular formula is C12H14N2O5. The van der Waals surface area contributed by atoms with Crippen molar-refractivity contribution in [3.63, 3.8) is 0 Å². The second-order valence-corrected chi connectivity index (χ2v) is 4.35. The zero-order valence-corrected chi connectivity index (χ0v) is 10.2. The molecule has 7 heteroatoms. The van der Waals surface area contributed by atoms with E-state index in [1.807, 2.05) is 0 Å². The lowest BCUT2D eigenvalue weighted by atomic mass is 10.1. The van der Waals surface area contributed by atoms with Crippen LogP contribution in [0, 0.1) is 10.1 Å². The van der Waals surface area contributed by atoms with Crippen LogP contribution in [-0.2, 0) is 9.53 Å². The van der Waals surface area contributed by atoms with Crippen LogP contribution in [0.5, 0.6) is 5.75 Å². The lowest BCUT2D eigenvalue weighted by molar-refractivity contribution is -0.384. The molecule has 1 unspecified atom stereocenters. The first-order valence-corrected chi connectivity index (χ1v) is 5.95. The number of nitro groups is 1. The molecule has 1 aromatic carbocycles. The fourth-order valence-electron chi connectivity index (χ4n) is 1.95. The third-order valence-corrected chi connectivity index (χ3v) is 2.90. The van der Waals surface area contributed by atoms with Crippen molar-refractivity contribution < 1.29 is 19.6 Å². The topological polar surface area (TPSA) is 102 Å². The van der Waals surface area contributed by atoms with Gasteiger partial charge in [-0.1, -0.05) is 0 Å². The zero-order valence-electron chi connectivity index (χ0n) is 10.2. The number of carbonyl (C=O) groups excluding carboxylic acids is 1. The normalized spacial score (nSPS) is 18.2. The minimum atomic E-state index is -0.613. The number of carbonyl (C=O) groups is 1. The molecule has 1 atom stereocenters. The smallest absolute Gasteiger partial charge is 0.273 e. The van der Waals surface area contributed by atoms with Crippen molar-refractivity contribution in [2.75, 3.05) is 11.9 Å². The Labute approximate surface area is 109 Å². The van der Waals surface area contributed by atoms with Gasteiger partial charge in [0.05, 0.1) is 29.2 Å². The average molecular weight is 266 g/mol. The maximum absolute atomic E-state index is 11.7. The van der Waals surface area contributed by atoms with Crippen LogP contribution in [0.15, 0.2) is 18.2 Å². The van der Waals surface area contributed by atoms with E-state index in [0.29, 0.717) is 6.61 Å². The number of non-ortho nitro benzene ring substituents is 1. The summed E-state index contributed by atoms with van der Waals surface area (Å²) in [6.07, 6.45) is 1.93. The van der Waals surface area contributed by atoms with Gasteiger partial charge in [0.1, 0.15) is 5.75 Å². The van der Waals surface area contributed by atoms with E-state index in [-0.39, 0.29) is 35.6 Å². The largest absolute Gasteiger partial charge is 0.506 e. The fraction of sp³-hybridized carbons (Fsp3) is 0.417. The summed E-state index contributed by atoms with van der Waals surface area (Å²) in [7, 11) is 0. The Morgan fingerprint density at radius 2 is 2.37 bits per heavy atom. The third kappa shape index (κ3) is 3.41. The fourth-order valence-corrected chi connectivity index (χ4v) is 1.95. The second-order valence-electron chi connectivity index (χ2n) is 4.35. The van der Waals surface area contributed by atoms with E-state index in [4.69, 9.17) is 4.74 Å². The maximum atomic E-state index is 11.7. The van der Waals surface area contributed by atoms with E-state index < -0.39 is 4.92 Å². The lowest BCUT2D eigenvalue weighted by Gasteiger charge is -2.10. The van der Waals surface area contributed by atoms with E-state index in [2.05, 4.69) is 5.32 Å². The van der Waals surface area contributed by atoms with Gasteiger partial charge in [-0.25, -0.2) is 0 Å². The molecule has 1 fully saturated rings. The minimum Gasteiger partial charge on any atom is -0.506 e. The monoisotopic (exact) mass is 266 g/mol. The van der Waals surface area contributed by atoms with Crippen LogP contribution in [0.1, 0.15) is 19.3 Å². The van der Waals surface area contributed by atoms with Crippen LogP contribution in [0.2, 0.25) is 0 Å². The number of phenols is 1. The summed E-state index contributed by atoms with van der Waals surface area (Å²) in [5.41, 5.74) is -0.0665. The van der Waals surface area contributed by atoms with Gasteiger partial charge in [-0.15, -0.1) is 0 Å². The number of aromatic hydroxyl groups is 1. The van der Waals surface area contributed by atoms with Gasteiger partial charge in [0.25, 0.3) is 5.69 Å². The molecule has 1 heterocycles. The molecule has 0 aromatic heterocycles. The van der Waals surface area contributed by atoms with Crippen LogP contribution in [-0.4, -0.2) is 28.6 Å². The van der Waals surface area contributed by atoms with Gasteiger partial charge >= 0.3 is 0 Å². The lowest BCUT2D eigenvalue weighted by Crippen LogP contribution is -2.19. The number of nitrogens with one attached hydrogen (secondary N) is 1. The van der Waals surface area contributed by atoms with Gasteiger partial charge in [0.15, 0.2) is 0 Å². The van der Waals surface area contributed by atoms with E-state index >= 15 is 0 Å². The molecule has 2 rings (SSSR count). The second kappa shape index (κ2) is 5.66. The highest BCUT2D eigenvalue weighted by atomic mass is 16.6.